The van der Waals surface area contributed by atoms with Gasteiger partial charge >= 0.3 is 5.97 Å². The second-order valence-corrected chi connectivity index (χ2v) is 4.60. The molecule has 0 saturated carbocycles. The van der Waals surface area contributed by atoms with Crippen LogP contribution < -0.4 is 0 Å². The summed E-state index contributed by atoms with van der Waals surface area (Å²) in [5.74, 6) is -0.828. The maximum Gasteiger partial charge on any atom is 0.304 e. The summed E-state index contributed by atoms with van der Waals surface area (Å²) < 4.78 is 0. The van der Waals surface area contributed by atoms with Crippen molar-refractivity contribution in [3.05, 3.63) is 42.2 Å². The Hall–Kier alpha value is -1.82. The Labute approximate surface area is 102 Å². The first-order valence-corrected chi connectivity index (χ1v) is 5.92. The Morgan fingerprint density at radius 1 is 1.41 bits per heavy atom. The predicted octanol–water partition coefficient (Wildman–Crippen LogP) is 2.11. The van der Waals surface area contributed by atoms with Gasteiger partial charge in [0.2, 0.25) is 0 Å². The van der Waals surface area contributed by atoms with Gasteiger partial charge in [-0.05, 0) is 5.56 Å². The van der Waals surface area contributed by atoms with Crippen LogP contribution in [-0.2, 0) is 4.79 Å². The molecule has 0 bridgehead atoms. The molecule has 0 aliphatic heterocycles. The fraction of sp³-hybridized carbons (Fsp3) is 0.182. The van der Waals surface area contributed by atoms with Gasteiger partial charge in [0, 0.05) is 5.25 Å². The number of carbonyl (C=O) groups is 1. The first kappa shape index (κ1) is 11.7. The molecule has 2 aromatic rings. The zero-order valence-electron chi connectivity index (χ0n) is 8.91. The number of nitrogens with one attached hydrogen (secondary N) is 1. The van der Waals surface area contributed by atoms with Gasteiger partial charge in [-0.2, -0.15) is 5.10 Å². The number of hydrogen-bond acceptors (Lipinski definition) is 4. The summed E-state index contributed by atoms with van der Waals surface area (Å²) >= 11 is 1.37. The monoisotopic (exact) mass is 249 g/mol. The van der Waals surface area contributed by atoms with Gasteiger partial charge in [-0.3, -0.25) is 9.89 Å². The summed E-state index contributed by atoms with van der Waals surface area (Å²) in [6.45, 7) is 0. The molecule has 1 aromatic heterocycles. The van der Waals surface area contributed by atoms with Crippen molar-refractivity contribution in [1.82, 2.24) is 15.2 Å². The van der Waals surface area contributed by atoms with Crippen molar-refractivity contribution in [3.8, 4) is 0 Å². The van der Waals surface area contributed by atoms with Crippen LogP contribution >= 0.6 is 11.8 Å². The van der Waals surface area contributed by atoms with E-state index in [4.69, 9.17) is 5.11 Å². The van der Waals surface area contributed by atoms with Gasteiger partial charge < -0.3 is 5.11 Å². The highest BCUT2D eigenvalue weighted by Crippen LogP contribution is 2.35. The van der Waals surface area contributed by atoms with Crippen molar-refractivity contribution in [2.45, 2.75) is 16.8 Å². The molecule has 17 heavy (non-hydrogen) atoms. The Kier molecular flexibility index (Phi) is 3.77. The minimum atomic E-state index is -0.828. The molecule has 0 saturated heterocycles. The van der Waals surface area contributed by atoms with Crippen LogP contribution in [0.15, 0.2) is 41.8 Å². The van der Waals surface area contributed by atoms with Gasteiger partial charge in [0.25, 0.3) is 0 Å². The lowest BCUT2D eigenvalue weighted by Crippen LogP contribution is -2.03. The van der Waals surface area contributed by atoms with Gasteiger partial charge in [-0.25, -0.2) is 4.98 Å². The van der Waals surface area contributed by atoms with E-state index in [9.17, 15) is 4.79 Å². The van der Waals surface area contributed by atoms with Crippen LogP contribution in [0.25, 0.3) is 0 Å². The van der Waals surface area contributed by atoms with Crippen LogP contribution in [0.2, 0.25) is 0 Å². The number of aliphatic carboxylic acids is 1. The van der Waals surface area contributed by atoms with E-state index >= 15 is 0 Å². The topological polar surface area (TPSA) is 78.9 Å². The number of aromatic amines is 1. The van der Waals surface area contributed by atoms with Crippen LogP contribution in [-0.4, -0.2) is 26.3 Å². The molecule has 1 aromatic carbocycles. The quantitative estimate of drug-likeness (QED) is 0.793. The van der Waals surface area contributed by atoms with Gasteiger partial charge in [0.05, 0.1) is 6.42 Å². The molecule has 0 radical (unpaired) electrons. The molecule has 2 rings (SSSR count). The smallest absolute Gasteiger partial charge is 0.304 e. The Morgan fingerprint density at radius 2 is 2.18 bits per heavy atom. The highest BCUT2D eigenvalue weighted by molar-refractivity contribution is 7.99. The van der Waals surface area contributed by atoms with Crippen LogP contribution in [0.1, 0.15) is 17.2 Å². The van der Waals surface area contributed by atoms with E-state index in [1.165, 1.54) is 18.1 Å². The summed E-state index contributed by atoms with van der Waals surface area (Å²) in [6, 6.07) is 9.52. The van der Waals surface area contributed by atoms with Crippen LogP contribution in [0.4, 0.5) is 0 Å². The molecule has 1 heterocycles. The van der Waals surface area contributed by atoms with E-state index in [-0.39, 0.29) is 11.7 Å². The number of rotatable bonds is 5. The average molecular weight is 249 g/mol. The van der Waals surface area contributed by atoms with Gasteiger partial charge in [-0.1, -0.05) is 42.1 Å². The lowest BCUT2D eigenvalue weighted by molar-refractivity contribution is -0.137. The number of carboxylic acid groups (broad SMARTS) is 1. The lowest BCUT2D eigenvalue weighted by Gasteiger charge is -2.12. The van der Waals surface area contributed by atoms with E-state index in [2.05, 4.69) is 15.2 Å². The zero-order chi connectivity index (χ0) is 12.1. The number of aromatic nitrogens is 3. The molecule has 0 spiro atoms. The maximum atomic E-state index is 10.9. The third-order valence-corrected chi connectivity index (χ3v) is 3.32. The first-order chi connectivity index (χ1) is 8.25. The molecule has 1 unspecified atom stereocenters. The molecule has 0 aliphatic carbocycles. The number of hydrogen-bond donors (Lipinski definition) is 2. The van der Waals surface area contributed by atoms with Gasteiger partial charge in [0.1, 0.15) is 6.33 Å². The highest BCUT2D eigenvalue weighted by atomic mass is 32.2. The molecule has 0 fully saturated rings. The lowest BCUT2D eigenvalue weighted by atomic mass is 10.1. The minimum Gasteiger partial charge on any atom is -0.481 e. The number of thioether (sulfide) groups is 1. The van der Waals surface area contributed by atoms with Crippen LogP contribution in [0.3, 0.4) is 0 Å². The molecular weight excluding hydrogens is 238 g/mol. The molecule has 6 heteroatoms. The fourth-order valence-corrected chi connectivity index (χ4v) is 2.44. The summed E-state index contributed by atoms with van der Waals surface area (Å²) in [4.78, 5) is 14.8. The summed E-state index contributed by atoms with van der Waals surface area (Å²) in [7, 11) is 0. The molecule has 88 valence electrons. The minimum absolute atomic E-state index is 0.0510. The van der Waals surface area contributed by atoms with Crippen molar-refractivity contribution in [2.75, 3.05) is 0 Å². The SMILES string of the molecule is O=C(O)CC(Sc1ncn[nH]1)c1ccccc1. The van der Waals surface area contributed by atoms with Gasteiger partial charge in [-0.15, -0.1) is 0 Å². The Morgan fingerprint density at radius 3 is 2.76 bits per heavy atom. The second kappa shape index (κ2) is 5.49. The van der Waals surface area contributed by atoms with Crippen molar-refractivity contribution in [3.63, 3.8) is 0 Å². The van der Waals surface area contributed by atoms with Crippen LogP contribution in [0.5, 0.6) is 0 Å². The first-order valence-electron chi connectivity index (χ1n) is 5.04. The van der Waals surface area contributed by atoms with E-state index in [1.807, 2.05) is 30.3 Å². The Balaban J connectivity index is 2.16. The van der Waals surface area contributed by atoms with E-state index in [0.29, 0.717) is 5.16 Å². The van der Waals surface area contributed by atoms with E-state index in [0.717, 1.165) is 5.56 Å². The van der Waals surface area contributed by atoms with Crippen molar-refractivity contribution in [1.29, 1.82) is 0 Å². The molecule has 2 N–H and O–H groups in total. The molecule has 5 nitrogen and oxygen atoms in total. The predicted molar refractivity (Wildman–Crippen MR) is 63.7 cm³/mol. The third-order valence-electron chi connectivity index (χ3n) is 2.18. The number of H-pyrrole nitrogens is 1. The third kappa shape index (κ3) is 3.32. The van der Waals surface area contributed by atoms with Crippen LogP contribution in [0, 0.1) is 0 Å². The number of carboxylic acids is 1. The normalized spacial score (nSPS) is 12.2. The van der Waals surface area contributed by atoms with Crippen molar-refractivity contribution >= 4 is 17.7 Å². The summed E-state index contributed by atoms with van der Waals surface area (Å²) in [5.41, 5.74) is 0.969. The molecular formula is C11H11N3O2S. The van der Waals surface area contributed by atoms with E-state index < -0.39 is 5.97 Å². The zero-order valence-corrected chi connectivity index (χ0v) is 9.72. The van der Waals surface area contributed by atoms with Crippen molar-refractivity contribution < 1.29 is 9.90 Å². The molecule has 1 atom stereocenters. The Bertz CT molecular complexity index is 473. The highest BCUT2D eigenvalue weighted by Gasteiger charge is 2.18. The molecule has 0 amide bonds. The molecule has 0 aliphatic rings. The second-order valence-electron chi connectivity index (χ2n) is 3.41. The van der Waals surface area contributed by atoms with Gasteiger partial charge in [0.15, 0.2) is 5.16 Å². The number of nitrogens with zero attached hydrogens (tertiary/aromatic N) is 2. The average Bonchev–Trinajstić information content (AvgIpc) is 2.82. The summed E-state index contributed by atoms with van der Waals surface area (Å²) in [6.07, 6.45) is 1.46. The summed E-state index contributed by atoms with van der Waals surface area (Å²) in [5, 5.41) is 15.8. The number of benzene rings is 1. The van der Waals surface area contributed by atoms with E-state index in [1.54, 1.807) is 0 Å². The fourth-order valence-electron chi connectivity index (χ4n) is 1.44. The largest absolute Gasteiger partial charge is 0.481 e. The standard InChI is InChI=1S/C11H11N3O2S/c15-10(16)6-9(8-4-2-1-3-5-8)17-11-12-7-13-14-11/h1-5,7,9H,6H2,(H,15,16)(H,12,13,14). The maximum absolute atomic E-state index is 10.9. The van der Waals surface area contributed by atoms with Crippen molar-refractivity contribution in [2.24, 2.45) is 0 Å².